The molecule has 0 radical (unpaired) electrons. The molecule has 4 rings (SSSR count). The molecule has 31 heavy (non-hydrogen) atoms. The van der Waals surface area contributed by atoms with Gasteiger partial charge < -0.3 is 4.90 Å². The minimum Gasteiger partial charge on any atom is -0.339 e. The van der Waals surface area contributed by atoms with E-state index in [4.69, 9.17) is 11.6 Å². The van der Waals surface area contributed by atoms with Crippen molar-refractivity contribution >= 4 is 23.3 Å². The Labute approximate surface area is 187 Å². The van der Waals surface area contributed by atoms with E-state index in [0.717, 1.165) is 48.2 Å². The fraction of sp³-hybridized carbons (Fsp3) is 0.280. The van der Waals surface area contributed by atoms with Crippen molar-refractivity contribution in [3.8, 4) is 22.3 Å². The molecule has 1 amide bonds. The maximum absolute atomic E-state index is 12.9. The van der Waals surface area contributed by atoms with Crippen LogP contribution in [0.2, 0.25) is 5.02 Å². The third-order valence-electron chi connectivity index (χ3n) is 5.79. The van der Waals surface area contributed by atoms with Gasteiger partial charge in [0.25, 0.3) is 5.91 Å². The SMILES string of the molecule is CC(=O)c1cc(-c2cncc(-c3ccc(C(=O)N4CCC(C)CC4)cc3Cl)c2)ccn1. The summed E-state index contributed by atoms with van der Waals surface area (Å²) in [4.78, 5) is 34.9. The lowest BCUT2D eigenvalue weighted by molar-refractivity contribution is 0.0697. The fourth-order valence-electron chi connectivity index (χ4n) is 3.82. The molecule has 3 heterocycles. The van der Waals surface area contributed by atoms with Gasteiger partial charge in [0, 0.05) is 65.9 Å². The Balaban J connectivity index is 1.60. The van der Waals surface area contributed by atoms with Gasteiger partial charge in [-0.15, -0.1) is 0 Å². The van der Waals surface area contributed by atoms with Crippen LogP contribution in [-0.2, 0) is 0 Å². The van der Waals surface area contributed by atoms with E-state index in [1.54, 1.807) is 30.7 Å². The van der Waals surface area contributed by atoms with Crippen molar-refractivity contribution in [2.45, 2.75) is 26.7 Å². The standard InChI is InChI=1S/C25H24ClN3O2/c1-16-6-9-29(10-7-16)25(31)19-3-4-22(23(26)12-19)21-11-20(14-27-15-21)18-5-8-28-24(13-18)17(2)30/h3-5,8,11-16H,6-7,9-10H2,1-2H3. The smallest absolute Gasteiger partial charge is 0.253 e. The van der Waals surface area contributed by atoms with Crippen LogP contribution in [0.4, 0.5) is 0 Å². The third-order valence-corrected chi connectivity index (χ3v) is 6.10. The molecular weight excluding hydrogens is 410 g/mol. The van der Waals surface area contributed by atoms with E-state index in [2.05, 4.69) is 16.9 Å². The second kappa shape index (κ2) is 8.98. The van der Waals surface area contributed by atoms with Gasteiger partial charge in [-0.2, -0.15) is 0 Å². The summed E-state index contributed by atoms with van der Waals surface area (Å²) in [5.41, 5.74) is 4.39. The number of aromatic nitrogens is 2. The average Bonchev–Trinajstić information content (AvgIpc) is 2.79. The number of carbonyl (C=O) groups is 2. The summed E-state index contributed by atoms with van der Waals surface area (Å²) in [5.74, 6) is 0.611. The van der Waals surface area contributed by atoms with Crippen LogP contribution in [0.5, 0.6) is 0 Å². The molecule has 1 aliphatic heterocycles. The number of amides is 1. The van der Waals surface area contributed by atoms with Crippen molar-refractivity contribution < 1.29 is 9.59 Å². The number of halogens is 1. The van der Waals surface area contributed by atoms with Crippen LogP contribution in [0.3, 0.4) is 0 Å². The van der Waals surface area contributed by atoms with E-state index >= 15 is 0 Å². The predicted octanol–water partition coefficient (Wildman–Crippen LogP) is 5.54. The minimum absolute atomic E-state index is 0.0285. The first-order valence-electron chi connectivity index (χ1n) is 10.4. The van der Waals surface area contributed by atoms with Gasteiger partial charge in [-0.1, -0.05) is 24.6 Å². The zero-order chi connectivity index (χ0) is 22.0. The lowest BCUT2D eigenvalue weighted by Gasteiger charge is -2.30. The van der Waals surface area contributed by atoms with Gasteiger partial charge in [0.05, 0.1) is 0 Å². The zero-order valence-electron chi connectivity index (χ0n) is 17.6. The Hall–Kier alpha value is -3.05. The Bertz CT molecular complexity index is 1140. The number of pyridine rings is 2. The normalized spacial score (nSPS) is 14.5. The van der Waals surface area contributed by atoms with E-state index in [1.165, 1.54) is 6.92 Å². The summed E-state index contributed by atoms with van der Waals surface area (Å²) in [6, 6.07) is 11.0. The van der Waals surface area contributed by atoms with Gasteiger partial charge >= 0.3 is 0 Å². The third kappa shape index (κ3) is 4.67. The summed E-state index contributed by atoms with van der Waals surface area (Å²) in [5, 5.41) is 0.509. The number of nitrogens with zero attached hydrogens (tertiary/aromatic N) is 3. The lowest BCUT2D eigenvalue weighted by atomic mass is 9.98. The largest absolute Gasteiger partial charge is 0.339 e. The monoisotopic (exact) mass is 433 g/mol. The van der Waals surface area contributed by atoms with Gasteiger partial charge in [-0.25, -0.2) is 0 Å². The molecule has 5 nitrogen and oxygen atoms in total. The van der Waals surface area contributed by atoms with E-state index in [0.29, 0.717) is 22.2 Å². The summed E-state index contributed by atoms with van der Waals surface area (Å²) in [6.07, 6.45) is 7.18. The van der Waals surface area contributed by atoms with E-state index in [1.807, 2.05) is 29.2 Å². The molecule has 1 saturated heterocycles. The first-order chi connectivity index (χ1) is 14.9. The van der Waals surface area contributed by atoms with E-state index < -0.39 is 0 Å². The molecular formula is C25H24ClN3O2. The molecule has 2 aromatic heterocycles. The highest BCUT2D eigenvalue weighted by Crippen LogP contribution is 2.32. The number of hydrogen-bond acceptors (Lipinski definition) is 4. The quantitative estimate of drug-likeness (QED) is 0.507. The van der Waals surface area contributed by atoms with Crippen molar-refractivity contribution in [2.75, 3.05) is 13.1 Å². The zero-order valence-corrected chi connectivity index (χ0v) is 18.4. The molecule has 0 spiro atoms. The fourth-order valence-corrected chi connectivity index (χ4v) is 4.11. The number of rotatable bonds is 4. The molecule has 6 heteroatoms. The maximum atomic E-state index is 12.9. The van der Waals surface area contributed by atoms with Gasteiger partial charge in [-0.3, -0.25) is 19.6 Å². The second-order valence-corrected chi connectivity index (χ2v) is 8.52. The molecule has 0 bridgehead atoms. The van der Waals surface area contributed by atoms with Crippen LogP contribution >= 0.6 is 11.6 Å². The average molecular weight is 434 g/mol. The van der Waals surface area contributed by atoms with Crippen LogP contribution in [0.15, 0.2) is 55.0 Å². The summed E-state index contributed by atoms with van der Waals surface area (Å²) >= 11 is 6.58. The lowest BCUT2D eigenvalue weighted by Crippen LogP contribution is -2.37. The van der Waals surface area contributed by atoms with Crippen molar-refractivity contribution in [2.24, 2.45) is 5.92 Å². The van der Waals surface area contributed by atoms with Crippen LogP contribution in [0.1, 0.15) is 47.5 Å². The van der Waals surface area contributed by atoms with Gasteiger partial charge in [-0.05, 0) is 54.7 Å². The summed E-state index contributed by atoms with van der Waals surface area (Å²) in [7, 11) is 0. The molecule has 158 valence electrons. The highest BCUT2D eigenvalue weighted by molar-refractivity contribution is 6.33. The molecule has 0 aliphatic carbocycles. The molecule has 0 unspecified atom stereocenters. The van der Waals surface area contributed by atoms with Gasteiger partial charge in [0.15, 0.2) is 5.78 Å². The number of piperidine rings is 1. The van der Waals surface area contributed by atoms with Gasteiger partial charge in [0.1, 0.15) is 5.69 Å². The number of hydrogen-bond donors (Lipinski definition) is 0. The van der Waals surface area contributed by atoms with Gasteiger partial charge in [0.2, 0.25) is 0 Å². The van der Waals surface area contributed by atoms with Crippen LogP contribution in [0.25, 0.3) is 22.3 Å². The van der Waals surface area contributed by atoms with E-state index in [-0.39, 0.29) is 11.7 Å². The first-order valence-corrected chi connectivity index (χ1v) is 10.8. The van der Waals surface area contributed by atoms with E-state index in [9.17, 15) is 9.59 Å². The van der Waals surface area contributed by atoms with Crippen molar-refractivity contribution in [1.82, 2.24) is 14.9 Å². The minimum atomic E-state index is -0.0857. The topological polar surface area (TPSA) is 63.2 Å². The Morgan fingerprint density at radius 3 is 2.45 bits per heavy atom. The maximum Gasteiger partial charge on any atom is 0.253 e. The van der Waals surface area contributed by atoms with Crippen LogP contribution in [0, 0.1) is 5.92 Å². The highest BCUT2D eigenvalue weighted by atomic mass is 35.5. The number of Topliss-reactive ketones (excluding diaryl/α,β-unsaturated/α-hetero) is 1. The molecule has 0 saturated carbocycles. The van der Waals surface area contributed by atoms with Crippen molar-refractivity contribution in [3.05, 3.63) is 71.3 Å². The first kappa shape index (κ1) is 21.2. The molecule has 0 atom stereocenters. The second-order valence-electron chi connectivity index (χ2n) is 8.12. The number of ketones is 1. The predicted molar refractivity (Wildman–Crippen MR) is 122 cm³/mol. The Morgan fingerprint density at radius 2 is 1.74 bits per heavy atom. The number of carbonyl (C=O) groups excluding carboxylic acids is 2. The number of benzene rings is 1. The van der Waals surface area contributed by atoms with Crippen molar-refractivity contribution in [3.63, 3.8) is 0 Å². The molecule has 1 aliphatic rings. The molecule has 0 N–H and O–H groups in total. The van der Waals surface area contributed by atoms with Crippen LogP contribution < -0.4 is 0 Å². The summed E-state index contributed by atoms with van der Waals surface area (Å²) in [6.45, 7) is 5.30. The molecule has 1 aromatic carbocycles. The highest BCUT2D eigenvalue weighted by Gasteiger charge is 2.22. The molecule has 3 aromatic rings. The summed E-state index contributed by atoms with van der Waals surface area (Å²) < 4.78 is 0. The Kier molecular flexibility index (Phi) is 6.14. The molecule has 1 fully saturated rings. The van der Waals surface area contributed by atoms with Crippen LogP contribution in [-0.4, -0.2) is 39.6 Å². The van der Waals surface area contributed by atoms with Crippen molar-refractivity contribution in [1.29, 1.82) is 0 Å². The Morgan fingerprint density at radius 1 is 1.00 bits per heavy atom. The number of likely N-dealkylation sites (tertiary alicyclic amines) is 1.